The molecule has 26 heavy (non-hydrogen) atoms. The SMILES string of the molecule is COCCN1C(=O)C(C)(C)c2cc3c(cc21)NC(c1ccc(O)cc1)N3. The molecule has 0 bridgehead atoms. The minimum Gasteiger partial charge on any atom is -0.508 e. The van der Waals surface area contributed by atoms with Crippen LogP contribution in [0.4, 0.5) is 17.1 Å². The Hall–Kier alpha value is -2.73. The molecule has 0 radical (unpaired) electrons. The number of anilines is 3. The minimum absolute atomic E-state index is 0.0700. The molecule has 2 aromatic carbocycles. The fourth-order valence-corrected chi connectivity index (χ4v) is 3.70. The third kappa shape index (κ3) is 2.49. The number of hydrogen-bond acceptors (Lipinski definition) is 5. The van der Waals surface area contributed by atoms with Crippen LogP contribution in [0.3, 0.4) is 0 Å². The van der Waals surface area contributed by atoms with Crippen LogP contribution in [0.15, 0.2) is 36.4 Å². The van der Waals surface area contributed by atoms with E-state index in [1.54, 1.807) is 19.2 Å². The van der Waals surface area contributed by atoms with Crippen LogP contribution in [-0.4, -0.2) is 31.3 Å². The highest BCUT2D eigenvalue weighted by Gasteiger charge is 2.44. The van der Waals surface area contributed by atoms with Crippen LogP contribution in [0.5, 0.6) is 5.75 Å². The Morgan fingerprint density at radius 3 is 2.46 bits per heavy atom. The van der Waals surface area contributed by atoms with Gasteiger partial charge in [-0.05, 0) is 49.2 Å². The number of amides is 1. The van der Waals surface area contributed by atoms with Gasteiger partial charge in [-0.2, -0.15) is 0 Å². The maximum Gasteiger partial charge on any atom is 0.237 e. The molecule has 2 aliphatic heterocycles. The molecule has 0 fully saturated rings. The van der Waals surface area contributed by atoms with Crippen LogP contribution in [0.25, 0.3) is 0 Å². The second-order valence-corrected chi connectivity index (χ2v) is 7.30. The van der Waals surface area contributed by atoms with Crippen molar-refractivity contribution in [1.82, 2.24) is 0 Å². The summed E-state index contributed by atoms with van der Waals surface area (Å²) < 4.78 is 5.17. The Bertz CT molecular complexity index is 861. The van der Waals surface area contributed by atoms with Gasteiger partial charge >= 0.3 is 0 Å². The van der Waals surface area contributed by atoms with Crippen LogP contribution in [0.1, 0.15) is 31.1 Å². The van der Waals surface area contributed by atoms with Gasteiger partial charge in [0.05, 0.1) is 29.1 Å². The first-order valence-electron chi connectivity index (χ1n) is 8.73. The lowest BCUT2D eigenvalue weighted by Gasteiger charge is -2.20. The molecule has 1 atom stereocenters. The van der Waals surface area contributed by atoms with Gasteiger partial charge in [-0.25, -0.2) is 0 Å². The molecular formula is C20H23N3O3. The normalized spacial score (nSPS) is 19.7. The fourth-order valence-electron chi connectivity index (χ4n) is 3.70. The maximum atomic E-state index is 12.8. The minimum atomic E-state index is -0.559. The molecule has 0 aromatic heterocycles. The van der Waals surface area contributed by atoms with Gasteiger partial charge in [-0.3, -0.25) is 4.79 Å². The zero-order valence-corrected chi connectivity index (χ0v) is 15.2. The van der Waals surface area contributed by atoms with Crippen molar-refractivity contribution < 1.29 is 14.6 Å². The summed E-state index contributed by atoms with van der Waals surface area (Å²) in [6.07, 6.45) is -0.0700. The Morgan fingerprint density at radius 2 is 1.81 bits per heavy atom. The molecule has 0 saturated heterocycles. The number of phenols is 1. The number of carbonyl (C=O) groups excluding carboxylic acids is 1. The second kappa shape index (κ2) is 5.92. The van der Waals surface area contributed by atoms with Crippen LogP contribution >= 0.6 is 0 Å². The number of fused-ring (bicyclic) bond motifs is 2. The molecule has 6 heteroatoms. The average molecular weight is 353 g/mol. The standard InChI is InChI=1S/C20H23N3O3/c1-20(2)14-10-15-16(11-17(14)23(19(20)25)8-9-26-3)22-18(21-15)12-4-6-13(24)7-5-12/h4-7,10-11,18,21-22,24H,8-9H2,1-3H3. The van der Waals surface area contributed by atoms with Crippen molar-refractivity contribution in [3.8, 4) is 5.75 Å². The summed E-state index contributed by atoms with van der Waals surface area (Å²) in [5.74, 6) is 0.348. The zero-order chi connectivity index (χ0) is 18.5. The zero-order valence-electron chi connectivity index (χ0n) is 15.2. The quantitative estimate of drug-likeness (QED) is 0.787. The molecule has 3 N–H and O–H groups in total. The monoisotopic (exact) mass is 353 g/mol. The number of carbonyl (C=O) groups is 1. The number of rotatable bonds is 4. The van der Waals surface area contributed by atoms with Crippen LogP contribution in [0, 0.1) is 0 Å². The topological polar surface area (TPSA) is 73.8 Å². The van der Waals surface area contributed by atoms with Crippen molar-refractivity contribution in [3.63, 3.8) is 0 Å². The Kier molecular flexibility index (Phi) is 3.80. The van der Waals surface area contributed by atoms with Crippen molar-refractivity contribution in [2.75, 3.05) is 35.8 Å². The summed E-state index contributed by atoms with van der Waals surface area (Å²) in [4.78, 5) is 14.7. The molecular weight excluding hydrogens is 330 g/mol. The highest BCUT2D eigenvalue weighted by Crippen LogP contribution is 2.48. The van der Waals surface area contributed by atoms with E-state index in [9.17, 15) is 9.90 Å². The molecule has 1 unspecified atom stereocenters. The Labute approximate surface area is 152 Å². The number of phenolic OH excluding ortho intramolecular Hbond substituents is 1. The van der Waals surface area contributed by atoms with E-state index in [0.717, 1.165) is 28.2 Å². The van der Waals surface area contributed by atoms with E-state index in [1.165, 1.54) is 0 Å². The van der Waals surface area contributed by atoms with Gasteiger partial charge in [-0.1, -0.05) is 12.1 Å². The summed E-state index contributed by atoms with van der Waals surface area (Å²) in [7, 11) is 1.64. The van der Waals surface area contributed by atoms with Gasteiger partial charge in [0.15, 0.2) is 0 Å². The predicted octanol–water partition coefficient (Wildman–Crippen LogP) is 3.20. The molecule has 2 aromatic rings. The number of benzene rings is 2. The molecule has 1 amide bonds. The molecule has 0 spiro atoms. The number of ether oxygens (including phenoxy) is 1. The van der Waals surface area contributed by atoms with E-state index in [1.807, 2.05) is 36.9 Å². The van der Waals surface area contributed by atoms with Crippen molar-refractivity contribution in [3.05, 3.63) is 47.5 Å². The summed E-state index contributed by atoms with van der Waals surface area (Å²) in [5.41, 5.74) is 4.39. The largest absolute Gasteiger partial charge is 0.508 e. The Balaban J connectivity index is 1.68. The first kappa shape index (κ1) is 16.7. The van der Waals surface area contributed by atoms with Crippen molar-refractivity contribution in [2.45, 2.75) is 25.4 Å². The van der Waals surface area contributed by atoms with Crippen LogP contribution < -0.4 is 15.5 Å². The summed E-state index contributed by atoms with van der Waals surface area (Å²) in [5, 5.41) is 16.4. The maximum absolute atomic E-state index is 12.8. The lowest BCUT2D eigenvalue weighted by molar-refractivity contribution is -0.122. The average Bonchev–Trinajstić information content (AvgIpc) is 3.11. The summed E-state index contributed by atoms with van der Waals surface area (Å²) in [6.45, 7) is 4.97. The highest BCUT2D eigenvalue weighted by atomic mass is 16.5. The lowest BCUT2D eigenvalue weighted by atomic mass is 9.86. The molecule has 0 aliphatic carbocycles. The number of methoxy groups -OCH3 is 1. The molecule has 4 rings (SSSR count). The number of nitrogens with zero attached hydrogens (tertiary/aromatic N) is 1. The fraction of sp³-hybridized carbons (Fsp3) is 0.350. The number of aromatic hydroxyl groups is 1. The van der Waals surface area contributed by atoms with E-state index < -0.39 is 5.41 Å². The third-order valence-electron chi connectivity index (χ3n) is 5.22. The molecule has 2 aliphatic rings. The van der Waals surface area contributed by atoms with E-state index in [-0.39, 0.29) is 17.8 Å². The molecule has 6 nitrogen and oxygen atoms in total. The van der Waals surface area contributed by atoms with Gasteiger partial charge in [0.2, 0.25) is 5.91 Å². The molecule has 2 heterocycles. The predicted molar refractivity (Wildman–Crippen MR) is 102 cm³/mol. The smallest absolute Gasteiger partial charge is 0.237 e. The van der Waals surface area contributed by atoms with Crippen molar-refractivity contribution >= 4 is 23.0 Å². The van der Waals surface area contributed by atoms with Crippen molar-refractivity contribution in [1.29, 1.82) is 0 Å². The number of hydrogen-bond donors (Lipinski definition) is 3. The summed E-state index contributed by atoms with van der Waals surface area (Å²) in [6, 6.07) is 11.2. The van der Waals surface area contributed by atoms with Gasteiger partial charge in [0.25, 0.3) is 0 Å². The highest BCUT2D eigenvalue weighted by molar-refractivity contribution is 6.09. The number of nitrogens with one attached hydrogen (secondary N) is 2. The molecule has 136 valence electrons. The van der Waals surface area contributed by atoms with E-state index in [4.69, 9.17) is 4.74 Å². The van der Waals surface area contributed by atoms with Crippen LogP contribution in [-0.2, 0) is 14.9 Å². The summed E-state index contributed by atoms with van der Waals surface area (Å²) >= 11 is 0. The van der Waals surface area contributed by atoms with E-state index >= 15 is 0 Å². The van der Waals surface area contributed by atoms with Gasteiger partial charge < -0.3 is 25.4 Å². The van der Waals surface area contributed by atoms with Gasteiger partial charge in [-0.15, -0.1) is 0 Å². The van der Waals surface area contributed by atoms with Gasteiger partial charge in [0.1, 0.15) is 11.9 Å². The van der Waals surface area contributed by atoms with Gasteiger partial charge in [0, 0.05) is 13.7 Å². The van der Waals surface area contributed by atoms with E-state index in [0.29, 0.717) is 13.2 Å². The Morgan fingerprint density at radius 1 is 1.15 bits per heavy atom. The third-order valence-corrected chi connectivity index (χ3v) is 5.22. The first-order valence-corrected chi connectivity index (χ1v) is 8.73. The lowest BCUT2D eigenvalue weighted by Crippen LogP contribution is -2.38. The van der Waals surface area contributed by atoms with Crippen LogP contribution in [0.2, 0.25) is 0 Å². The van der Waals surface area contributed by atoms with Crippen molar-refractivity contribution in [2.24, 2.45) is 0 Å². The first-order chi connectivity index (χ1) is 12.4. The van der Waals surface area contributed by atoms with E-state index in [2.05, 4.69) is 16.7 Å². The molecule has 0 saturated carbocycles. The second-order valence-electron chi connectivity index (χ2n) is 7.30.